The SMILES string of the molecule is CNC(=O)C(C)N1CCC(C(=O)O)C(C(=O)O)C1. The highest BCUT2D eigenvalue weighted by atomic mass is 16.4. The highest BCUT2D eigenvalue weighted by Crippen LogP contribution is 2.25. The van der Waals surface area contributed by atoms with Gasteiger partial charge in [-0.25, -0.2) is 0 Å². The van der Waals surface area contributed by atoms with Crippen LogP contribution in [0.25, 0.3) is 0 Å². The molecule has 7 nitrogen and oxygen atoms in total. The summed E-state index contributed by atoms with van der Waals surface area (Å²) in [5.74, 6) is -4.27. The van der Waals surface area contributed by atoms with E-state index in [1.165, 1.54) is 7.05 Å². The number of carboxylic acids is 2. The first-order valence-corrected chi connectivity index (χ1v) is 5.79. The van der Waals surface area contributed by atoms with Gasteiger partial charge in [0.2, 0.25) is 5.91 Å². The number of nitrogens with zero attached hydrogens (tertiary/aromatic N) is 1. The molecule has 1 saturated heterocycles. The molecule has 3 N–H and O–H groups in total. The lowest BCUT2D eigenvalue weighted by molar-refractivity contribution is -0.158. The van der Waals surface area contributed by atoms with Crippen molar-refractivity contribution < 1.29 is 24.6 Å². The van der Waals surface area contributed by atoms with Crippen molar-refractivity contribution in [1.82, 2.24) is 10.2 Å². The maximum absolute atomic E-state index is 11.5. The molecule has 0 radical (unpaired) electrons. The third-order valence-corrected chi connectivity index (χ3v) is 3.45. The van der Waals surface area contributed by atoms with Crippen LogP contribution in [-0.2, 0) is 14.4 Å². The normalized spacial score (nSPS) is 26.3. The number of likely N-dealkylation sites (tertiary alicyclic amines) is 1. The average molecular weight is 258 g/mol. The monoisotopic (exact) mass is 258 g/mol. The molecule has 1 aliphatic heterocycles. The zero-order chi connectivity index (χ0) is 13.9. The molecule has 3 atom stereocenters. The molecule has 7 heteroatoms. The Hall–Kier alpha value is -1.63. The zero-order valence-electron chi connectivity index (χ0n) is 10.4. The molecular weight excluding hydrogens is 240 g/mol. The van der Waals surface area contributed by atoms with Crippen molar-refractivity contribution >= 4 is 17.8 Å². The van der Waals surface area contributed by atoms with Crippen molar-refractivity contribution in [3.05, 3.63) is 0 Å². The minimum atomic E-state index is -1.13. The van der Waals surface area contributed by atoms with Crippen molar-refractivity contribution in [2.24, 2.45) is 11.8 Å². The summed E-state index contributed by atoms with van der Waals surface area (Å²) in [6.07, 6.45) is 0.244. The van der Waals surface area contributed by atoms with E-state index < -0.39 is 29.8 Å². The van der Waals surface area contributed by atoms with Crippen LogP contribution in [0.1, 0.15) is 13.3 Å². The summed E-state index contributed by atoms with van der Waals surface area (Å²) in [4.78, 5) is 35.3. The van der Waals surface area contributed by atoms with Crippen molar-refractivity contribution in [3.63, 3.8) is 0 Å². The fourth-order valence-electron chi connectivity index (χ4n) is 2.25. The number of rotatable bonds is 4. The maximum atomic E-state index is 11.5. The van der Waals surface area contributed by atoms with Crippen LogP contribution in [0.4, 0.5) is 0 Å². The van der Waals surface area contributed by atoms with Crippen LogP contribution < -0.4 is 5.32 Å². The molecular formula is C11H18N2O5. The Bertz CT molecular complexity index is 357. The first-order valence-electron chi connectivity index (χ1n) is 5.79. The summed E-state index contributed by atoms with van der Waals surface area (Å²) in [6, 6.07) is -0.452. The highest BCUT2D eigenvalue weighted by molar-refractivity contribution is 5.82. The highest BCUT2D eigenvalue weighted by Gasteiger charge is 2.40. The molecule has 1 heterocycles. The van der Waals surface area contributed by atoms with Gasteiger partial charge in [-0.2, -0.15) is 0 Å². The Balaban J connectivity index is 2.77. The smallest absolute Gasteiger partial charge is 0.308 e. The van der Waals surface area contributed by atoms with Crippen molar-refractivity contribution in [3.8, 4) is 0 Å². The van der Waals surface area contributed by atoms with Gasteiger partial charge in [0, 0.05) is 13.6 Å². The van der Waals surface area contributed by atoms with Crippen LogP contribution >= 0.6 is 0 Å². The first-order chi connectivity index (χ1) is 8.38. The number of likely N-dealkylation sites (N-methyl/N-ethyl adjacent to an activating group) is 1. The lowest BCUT2D eigenvalue weighted by Crippen LogP contribution is -2.53. The van der Waals surface area contributed by atoms with E-state index in [-0.39, 0.29) is 18.9 Å². The summed E-state index contributed by atoms with van der Waals surface area (Å²) < 4.78 is 0. The summed E-state index contributed by atoms with van der Waals surface area (Å²) in [5.41, 5.74) is 0. The average Bonchev–Trinajstić information content (AvgIpc) is 2.35. The van der Waals surface area contributed by atoms with E-state index in [4.69, 9.17) is 10.2 Å². The lowest BCUT2D eigenvalue weighted by atomic mass is 9.85. The number of carbonyl (C=O) groups excluding carboxylic acids is 1. The molecule has 0 aromatic heterocycles. The Morgan fingerprint density at radius 2 is 1.78 bits per heavy atom. The van der Waals surface area contributed by atoms with Gasteiger partial charge >= 0.3 is 11.9 Å². The van der Waals surface area contributed by atoms with Crippen LogP contribution in [0.15, 0.2) is 0 Å². The van der Waals surface area contributed by atoms with Crippen LogP contribution in [0.2, 0.25) is 0 Å². The topological polar surface area (TPSA) is 107 Å². The quantitative estimate of drug-likeness (QED) is 0.611. The van der Waals surface area contributed by atoms with E-state index in [1.807, 2.05) is 0 Å². The van der Waals surface area contributed by atoms with Crippen molar-refractivity contribution in [1.29, 1.82) is 0 Å². The van der Waals surface area contributed by atoms with Crippen LogP contribution in [0, 0.1) is 11.8 Å². The van der Waals surface area contributed by atoms with Crippen LogP contribution in [0.5, 0.6) is 0 Å². The first kappa shape index (κ1) is 14.4. The zero-order valence-corrected chi connectivity index (χ0v) is 10.4. The predicted octanol–water partition coefficient (Wildman–Crippen LogP) is -0.772. The summed E-state index contributed by atoms with van der Waals surface area (Å²) in [5, 5.41) is 20.5. The summed E-state index contributed by atoms with van der Waals surface area (Å²) >= 11 is 0. The Labute approximate surface area is 105 Å². The molecule has 0 aromatic rings. The number of hydrogen-bond donors (Lipinski definition) is 3. The van der Waals surface area contributed by atoms with Gasteiger partial charge < -0.3 is 15.5 Å². The lowest BCUT2D eigenvalue weighted by Gasteiger charge is -2.37. The van der Waals surface area contributed by atoms with Gasteiger partial charge in [-0.05, 0) is 19.9 Å². The van der Waals surface area contributed by atoms with E-state index in [1.54, 1.807) is 11.8 Å². The van der Waals surface area contributed by atoms with E-state index in [0.29, 0.717) is 6.54 Å². The second-order valence-corrected chi connectivity index (χ2v) is 4.46. The molecule has 0 aromatic carbocycles. The van der Waals surface area contributed by atoms with Gasteiger partial charge in [-0.15, -0.1) is 0 Å². The number of amides is 1. The molecule has 0 spiro atoms. The number of nitrogens with one attached hydrogen (secondary N) is 1. The van der Waals surface area contributed by atoms with Gasteiger partial charge in [0.15, 0.2) is 0 Å². The van der Waals surface area contributed by atoms with Gasteiger partial charge in [0.05, 0.1) is 17.9 Å². The minimum absolute atomic E-state index is 0.0842. The molecule has 102 valence electrons. The molecule has 18 heavy (non-hydrogen) atoms. The maximum Gasteiger partial charge on any atom is 0.308 e. The summed E-state index contributed by atoms with van der Waals surface area (Å²) in [7, 11) is 1.51. The van der Waals surface area contributed by atoms with Gasteiger partial charge in [0.1, 0.15) is 0 Å². The number of piperidine rings is 1. The Morgan fingerprint density at radius 3 is 2.22 bits per heavy atom. The van der Waals surface area contributed by atoms with Crippen LogP contribution in [0.3, 0.4) is 0 Å². The Morgan fingerprint density at radius 1 is 1.22 bits per heavy atom. The molecule has 1 rings (SSSR count). The molecule has 0 bridgehead atoms. The number of hydrogen-bond acceptors (Lipinski definition) is 4. The molecule has 1 fully saturated rings. The van der Waals surface area contributed by atoms with E-state index in [9.17, 15) is 14.4 Å². The third kappa shape index (κ3) is 2.98. The minimum Gasteiger partial charge on any atom is -0.481 e. The van der Waals surface area contributed by atoms with E-state index in [0.717, 1.165) is 0 Å². The third-order valence-electron chi connectivity index (χ3n) is 3.45. The summed E-state index contributed by atoms with van der Waals surface area (Å²) in [6.45, 7) is 2.18. The number of aliphatic carboxylic acids is 2. The molecule has 1 amide bonds. The molecule has 0 aliphatic carbocycles. The number of carboxylic acid groups (broad SMARTS) is 2. The van der Waals surface area contributed by atoms with Gasteiger partial charge in [-0.3, -0.25) is 19.3 Å². The second-order valence-electron chi connectivity index (χ2n) is 4.46. The molecule has 0 saturated carbocycles. The molecule has 1 aliphatic rings. The predicted molar refractivity (Wildman–Crippen MR) is 62.0 cm³/mol. The standard InChI is InChI=1S/C11H18N2O5/c1-6(9(14)12-2)13-4-3-7(10(15)16)8(5-13)11(17)18/h6-8H,3-5H2,1-2H3,(H,12,14)(H,15,16)(H,17,18). The molecule has 3 unspecified atom stereocenters. The van der Waals surface area contributed by atoms with E-state index >= 15 is 0 Å². The number of carbonyl (C=O) groups is 3. The van der Waals surface area contributed by atoms with Gasteiger partial charge in [0.25, 0.3) is 0 Å². The van der Waals surface area contributed by atoms with Gasteiger partial charge in [-0.1, -0.05) is 0 Å². The largest absolute Gasteiger partial charge is 0.481 e. The van der Waals surface area contributed by atoms with Crippen LogP contribution in [-0.4, -0.2) is 59.1 Å². The fourth-order valence-corrected chi connectivity index (χ4v) is 2.25. The van der Waals surface area contributed by atoms with E-state index in [2.05, 4.69) is 5.32 Å². The fraction of sp³-hybridized carbons (Fsp3) is 0.727. The van der Waals surface area contributed by atoms with Crippen molar-refractivity contribution in [2.45, 2.75) is 19.4 Å². The van der Waals surface area contributed by atoms with Crippen molar-refractivity contribution in [2.75, 3.05) is 20.1 Å². The second kappa shape index (κ2) is 5.81. The Kier molecular flexibility index (Phi) is 4.66.